The highest BCUT2D eigenvalue weighted by Gasteiger charge is 2.32. The van der Waals surface area contributed by atoms with Gasteiger partial charge in [0.25, 0.3) is 0 Å². The zero-order chi connectivity index (χ0) is 28.0. The number of anilines is 1. The fourth-order valence-electron chi connectivity index (χ4n) is 3.67. The molecule has 0 saturated carbocycles. The SMILES string of the molecule is Cc1cccc(C)c1N1C(=O)CS/C1=N\N=C\c1ccc(C(N)=NC=Nc2ccc(OC(F)(F)F)cc2)cc1. The molecule has 0 unspecified atom stereocenters. The minimum absolute atomic E-state index is 0.0403. The van der Waals surface area contributed by atoms with Crippen molar-refractivity contribution in [1.29, 1.82) is 0 Å². The van der Waals surface area contributed by atoms with Crippen LogP contribution in [0.5, 0.6) is 5.75 Å². The minimum atomic E-state index is -4.75. The van der Waals surface area contributed by atoms with Crippen molar-refractivity contribution in [3.05, 3.63) is 89.0 Å². The van der Waals surface area contributed by atoms with E-state index in [0.29, 0.717) is 22.2 Å². The molecule has 1 aliphatic heterocycles. The second kappa shape index (κ2) is 11.9. The third-order valence-electron chi connectivity index (χ3n) is 5.46. The van der Waals surface area contributed by atoms with Gasteiger partial charge >= 0.3 is 6.36 Å². The average molecular weight is 553 g/mol. The maximum absolute atomic E-state index is 12.5. The van der Waals surface area contributed by atoms with Crippen LogP contribution in [-0.4, -0.2) is 41.6 Å². The van der Waals surface area contributed by atoms with E-state index in [4.69, 9.17) is 5.73 Å². The van der Waals surface area contributed by atoms with Gasteiger partial charge in [0.1, 0.15) is 17.9 Å². The summed E-state index contributed by atoms with van der Waals surface area (Å²) in [6.07, 6.45) is -1.97. The third-order valence-corrected chi connectivity index (χ3v) is 6.37. The van der Waals surface area contributed by atoms with E-state index in [9.17, 15) is 18.0 Å². The summed E-state index contributed by atoms with van der Waals surface area (Å²) < 4.78 is 40.6. The molecular formula is C27H23F3N6O2S. The van der Waals surface area contributed by atoms with Crippen LogP contribution >= 0.6 is 11.8 Å². The highest BCUT2D eigenvalue weighted by molar-refractivity contribution is 8.15. The standard InChI is InChI=1S/C27H23F3N6O2S/c1-17-4-3-5-18(2)24(17)36-23(37)15-39-26(36)35-34-14-19-6-8-20(9-7-19)25(31)33-16-32-21-10-12-22(13-11-21)38-27(28,29)30/h3-14,16H,15H2,1-2H3,(H2,31,32,33)/b34-14+,35-26-. The number of hydrogen-bond donors (Lipinski definition) is 1. The van der Waals surface area contributed by atoms with Crippen molar-refractivity contribution in [2.45, 2.75) is 20.2 Å². The Hall–Kier alpha value is -4.45. The average Bonchev–Trinajstić information content (AvgIpc) is 3.24. The van der Waals surface area contributed by atoms with Crippen LogP contribution < -0.4 is 15.4 Å². The van der Waals surface area contributed by atoms with Gasteiger partial charge in [0.05, 0.1) is 23.3 Å². The van der Waals surface area contributed by atoms with Crippen LogP contribution in [0.3, 0.4) is 0 Å². The Morgan fingerprint density at radius 1 is 1.03 bits per heavy atom. The highest BCUT2D eigenvalue weighted by atomic mass is 32.2. The van der Waals surface area contributed by atoms with Crippen LogP contribution in [-0.2, 0) is 4.79 Å². The molecule has 1 fully saturated rings. The molecule has 200 valence electrons. The van der Waals surface area contributed by atoms with Gasteiger partial charge in [0.15, 0.2) is 5.17 Å². The lowest BCUT2D eigenvalue weighted by Crippen LogP contribution is -2.30. The molecule has 39 heavy (non-hydrogen) atoms. The number of nitrogens with two attached hydrogens (primary N) is 1. The van der Waals surface area contributed by atoms with E-state index in [1.807, 2.05) is 32.0 Å². The first kappa shape index (κ1) is 27.6. The van der Waals surface area contributed by atoms with Gasteiger partial charge in [-0.05, 0) is 54.8 Å². The van der Waals surface area contributed by atoms with Crippen LogP contribution in [0.2, 0.25) is 0 Å². The highest BCUT2D eigenvalue weighted by Crippen LogP contribution is 2.32. The Balaban J connectivity index is 1.39. The predicted molar refractivity (Wildman–Crippen MR) is 149 cm³/mol. The number of thioether (sulfide) groups is 1. The van der Waals surface area contributed by atoms with E-state index in [-0.39, 0.29) is 17.5 Å². The van der Waals surface area contributed by atoms with E-state index < -0.39 is 6.36 Å². The number of aliphatic imine (C=N–C) groups is 2. The molecule has 8 nitrogen and oxygen atoms in total. The summed E-state index contributed by atoms with van der Waals surface area (Å²) in [5, 5.41) is 8.97. The Kier molecular flexibility index (Phi) is 8.45. The quantitative estimate of drug-likeness (QED) is 0.229. The molecule has 1 amide bonds. The summed E-state index contributed by atoms with van der Waals surface area (Å²) in [7, 11) is 0. The monoisotopic (exact) mass is 552 g/mol. The van der Waals surface area contributed by atoms with Crippen molar-refractivity contribution in [1.82, 2.24) is 0 Å². The van der Waals surface area contributed by atoms with Gasteiger partial charge in [-0.2, -0.15) is 5.10 Å². The molecular weight excluding hydrogens is 529 g/mol. The van der Waals surface area contributed by atoms with E-state index >= 15 is 0 Å². The number of benzene rings is 3. The van der Waals surface area contributed by atoms with E-state index in [1.54, 1.807) is 35.4 Å². The molecule has 0 radical (unpaired) electrons. The number of para-hydroxylation sites is 1. The Morgan fingerprint density at radius 2 is 1.69 bits per heavy atom. The molecule has 1 heterocycles. The summed E-state index contributed by atoms with van der Waals surface area (Å²) in [5.41, 5.74) is 10.6. The van der Waals surface area contributed by atoms with Crippen LogP contribution in [0.15, 0.2) is 86.9 Å². The molecule has 0 atom stereocenters. The van der Waals surface area contributed by atoms with E-state index in [0.717, 1.165) is 34.5 Å². The molecule has 1 saturated heterocycles. The zero-order valence-corrected chi connectivity index (χ0v) is 21.7. The summed E-state index contributed by atoms with van der Waals surface area (Å²) in [6, 6.07) is 18.0. The molecule has 3 aromatic rings. The molecule has 3 aromatic carbocycles. The van der Waals surface area contributed by atoms with Crippen molar-refractivity contribution in [2.24, 2.45) is 25.9 Å². The topological polar surface area (TPSA) is 105 Å². The number of alkyl halides is 3. The van der Waals surface area contributed by atoms with Crippen LogP contribution in [0.25, 0.3) is 0 Å². The number of aryl methyl sites for hydroxylation is 2. The smallest absolute Gasteiger partial charge is 0.406 e. The van der Waals surface area contributed by atoms with Gasteiger partial charge in [-0.1, -0.05) is 54.2 Å². The summed E-state index contributed by atoms with van der Waals surface area (Å²) in [6.45, 7) is 3.91. The molecule has 0 aromatic heterocycles. The van der Waals surface area contributed by atoms with Crippen LogP contribution in [0.4, 0.5) is 24.5 Å². The van der Waals surface area contributed by atoms with E-state index in [2.05, 4.69) is 24.9 Å². The lowest BCUT2D eigenvalue weighted by Gasteiger charge is -2.20. The predicted octanol–water partition coefficient (Wildman–Crippen LogP) is 5.74. The first-order valence-corrected chi connectivity index (χ1v) is 12.5. The molecule has 4 rings (SSSR count). The zero-order valence-electron chi connectivity index (χ0n) is 20.9. The molecule has 1 aliphatic rings. The number of halogens is 3. The number of carbonyl (C=O) groups excluding carboxylic acids is 1. The number of amidine groups is 2. The Labute approximate surface area is 226 Å². The second-order valence-electron chi connectivity index (χ2n) is 8.31. The number of rotatable bonds is 7. The normalized spacial score (nSPS) is 15.7. The van der Waals surface area contributed by atoms with Gasteiger partial charge < -0.3 is 10.5 Å². The number of ether oxygens (including phenoxy) is 1. The van der Waals surface area contributed by atoms with Gasteiger partial charge in [-0.15, -0.1) is 18.3 Å². The fourth-order valence-corrected chi connectivity index (χ4v) is 4.47. The van der Waals surface area contributed by atoms with Gasteiger partial charge in [0.2, 0.25) is 5.91 Å². The summed E-state index contributed by atoms with van der Waals surface area (Å²) >= 11 is 1.34. The van der Waals surface area contributed by atoms with Gasteiger partial charge in [-0.25, -0.2) is 9.98 Å². The lowest BCUT2D eigenvalue weighted by molar-refractivity contribution is -0.274. The van der Waals surface area contributed by atoms with Gasteiger partial charge in [-0.3, -0.25) is 9.69 Å². The van der Waals surface area contributed by atoms with Crippen molar-refractivity contribution < 1.29 is 22.7 Å². The molecule has 2 N–H and O–H groups in total. The molecule has 12 heteroatoms. The van der Waals surface area contributed by atoms with Gasteiger partial charge in [0, 0.05) is 5.56 Å². The number of hydrogen-bond acceptors (Lipinski definition) is 6. The third kappa shape index (κ3) is 7.32. The Bertz CT molecular complexity index is 1450. The summed E-state index contributed by atoms with van der Waals surface area (Å²) in [4.78, 5) is 22.3. The Morgan fingerprint density at radius 3 is 2.33 bits per heavy atom. The lowest BCUT2D eigenvalue weighted by atomic mass is 10.1. The van der Waals surface area contributed by atoms with Crippen LogP contribution in [0.1, 0.15) is 22.3 Å². The van der Waals surface area contributed by atoms with Crippen molar-refractivity contribution in [3.63, 3.8) is 0 Å². The van der Waals surface area contributed by atoms with Crippen molar-refractivity contribution in [3.8, 4) is 5.75 Å². The molecule has 0 spiro atoms. The van der Waals surface area contributed by atoms with E-state index in [1.165, 1.54) is 30.2 Å². The first-order valence-electron chi connectivity index (χ1n) is 11.6. The largest absolute Gasteiger partial charge is 0.573 e. The van der Waals surface area contributed by atoms with Crippen LogP contribution in [0, 0.1) is 13.8 Å². The number of nitrogens with zero attached hydrogens (tertiary/aromatic N) is 5. The maximum Gasteiger partial charge on any atom is 0.573 e. The second-order valence-corrected chi connectivity index (χ2v) is 9.25. The maximum atomic E-state index is 12.5. The fraction of sp³-hybridized carbons (Fsp3) is 0.148. The summed E-state index contributed by atoms with van der Waals surface area (Å²) in [5.74, 6) is 0.121. The molecule has 0 bridgehead atoms. The van der Waals surface area contributed by atoms with Crippen molar-refractivity contribution in [2.75, 3.05) is 10.7 Å². The molecule has 0 aliphatic carbocycles. The number of carbonyl (C=O) groups is 1. The first-order chi connectivity index (χ1) is 18.6. The van der Waals surface area contributed by atoms with Crippen molar-refractivity contribution >= 4 is 52.6 Å². The number of amides is 1. The minimum Gasteiger partial charge on any atom is -0.406 e.